The Balaban J connectivity index is 3.05. The second-order valence-electron chi connectivity index (χ2n) is 3.67. The van der Waals surface area contributed by atoms with Gasteiger partial charge in [0.1, 0.15) is 0 Å². The van der Waals surface area contributed by atoms with Crippen LogP contribution < -0.4 is 5.32 Å². The summed E-state index contributed by atoms with van der Waals surface area (Å²) in [5.74, 6) is -0.903. The van der Waals surface area contributed by atoms with Gasteiger partial charge in [0, 0.05) is 19.3 Å². The molecule has 0 saturated carbocycles. The number of rotatable bonds is 4. The first kappa shape index (κ1) is 11.5. The number of hydrogen-bond donors (Lipinski definition) is 2. The summed E-state index contributed by atoms with van der Waals surface area (Å²) in [7, 11) is 5.62. The molecule has 82 valence electrons. The van der Waals surface area contributed by atoms with Crippen LogP contribution in [0.2, 0.25) is 0 Å². The van der Waals surface area contributed by atoms with Gasteiger partial charge in [0.05, 0.1) is 5.56 Å². The first-order chi connectivity index (χ1) is 7.04. The molecule has 0 aromatic heterocycles. The predicted octanol–water partition coefficient (Wildman–Crippen LogP) is 1.49. The molecule has 0 atom stereocenters. The Labute approximate surface area is 89.5 Å². The lowest BCUT2D eigenvalue weighted by Gasteiger charge is -2.12. The molecule has 0 bridgehead atoms. The highest BCUT2D eigenvalue weighted by Crippen LogP contribution is 2.17. The molecule has 2 N–H and O–H groups in total. The topological polar surface area (TPSA) is 52.6 Å². The zero-order chi connectivity index (χ0) is 11.4. The average Bonchev–Trinajstić information content (AvgIpc) is 2.16. The fraction of sp³-hybridized carbons (Fsp3) is 0.364. The number of hydrogen-bond acceptors (Lipinski definition) is 3. The van der Waals surface area contributed by atoms with Gasteiger partial charge in [0.2, 0.25) is 0 Å². The molecule has 0 heterocycles. The van der Waals surface area contributed by atoms with E-state index in [0.717, 1.165) is 12.1 Å². The van der Waals surface area contributed by atoms with Gasteiger partial charge in [-0.3, -0.25) is 0 Å². The number of carboxylic acid groups (broad SMARTS) is 1. The number of carbonyl (C=O) groups is 1. The summed E-state index contributed by atoms with van der Waals surface area (Å²) in [5.41, 5.74) is 1.96. The molecule has 0 spiro atoms. The Morgan fingerprint density at radius 3 is 2.60 bits per heavy atom. The fourth-order valence-corrected chi connectivity index (χ4v) is 1.45. The van der Waals surface area contributed by atoms with E-state index < -0.39 is 5.97 Å². The SMILES string of the molecule is CNc1ccc(CN(C)C)cc1C(=O)O. The van der Waals surface area contributed by atoms with E-state index in [1.54, 1.807) is 19.2 Å². The molecule has 0 aliphatic carbocycles. The molecule has 1 aromatic rings. The molecule has 1 rings (SSSR count). The first-order valence-electron chi connectivity index (χ1n) is 4.73. The van der Waals surface area contributed by atoms with Crippen LogP contribution in [0.1, 0.15) is 15.9 Å². The third-order valence-corrected chi connectivity index (χ3v) is 2.08. The Kier molecular flexibility index (Phi) is 3.68. The third kappa shape index (κ3) is 2.95. The van der Waals surface area contributed by atoms with Crippen molar-refractivity contribution in [2.75, 3.05) is 26.5 Å². The summed E-state index contributed by atoms with van der Waals surface area (Å²) in [6.45, 7) is 0.740. The molecule has 0 saturated heterocycles. The standard InChI is InChI=1S/C11H16N2O2/c1-12-10-5-4-8(7-13(2)3)6-9(10)11(14)15/h4-6,12H,7H2,1-3H3,(H,14,15). The van der Waals surface area contributed by atoms with Crippen LogP contribution in [0.5, 0.6) is 0 Å². The van der Waals surface area contributed by atoms with Crippen molar-refractivity contribution in [3.63, 3.8) is 0 Å². The van der Waals surface area contributed by atoms with Crippen LogP contribution in [0.3, 0.4) is 0 Å². The molecule has 0 aliphatic heterocycles. The van der Waals surface area contributed by atoms with Gasteiger partial charge in [0.15, 0.2) is 0 Å². The van der Waals surface area contributed by atoms with E-state index in [2.05, 4.69) is 5.32 Å². The highest BCUT2D eigenvalue weighted by Gasteiger charge is 2.09. The second-order valence-corrected chi connectivity index (χ2v) is 3.67. The summed E-state index contributed by atoms with van der Waals surface area (Å²) in [5, 5.41) is 11.9. The van der Waals surface area contributed by atoms with E-state index in [1.807, 2.05) is 25.1 Å². The predicted molar refractivity (Wildman–Crippen MR) is 60.3 cm³/mol. The van der Waals surface area contributed by atoms with Gasteiger partial charge in [-0.15, -0.1) is 0 Å². The monoisotopic (exact) mass is 208 g/mol. The molecule has 0 fully saturated rings. The van der Waals surface area contributed by atoms with Crippen LogP contribution in [0.15, 0.2) is 18.2 Å². The minimum absolute atomic E-state index is 0.317. The van der Waals surface area contributed by atoms with Gasteiger partial charge in [-0.2, -0.15) is 0 Å². The van der Waals surface area contributed by atoms with Crippen molar-refractivity contribution in [2.24, 2.45) is 0 Å². The smallest absolute Gasteiger partial charge is 0.337 e. The fourth-order valence-electron chi connectivity index (χ4n) is 1.45. The van der Waals surface area contributed by atoms with Crippen LogP contribution in [-0.4, -0.2) is 37.1 Å². The largest absolute Gasteiger partial charge is 0.478 e. The van der Waals surface area contributed by atoms with Crippen molar-refractivity contribution in [1.82, 2.24) is 4.90 Å². The minimum Gasteiger partial charge on any atom is -0.478 e. The van der Waals surface area contributed by atoms with E-state index in [4.69, 9.17) is 5.11 Å². The van der Waals surface area contributed by atoms with Crippen molar-refractivity contribution in [1.29, 1.82) is 0 Å². The highest BCUT2D eigenvalue weighted by atomic mass is 16.4. The lowest BCUT2D eigenvalue weighted by atomic mass is 10.1. The second kappa shape index (κ2) is 4.79. The molecule has 0 unspecified atom stereocenters. The number of nitrogens with one attached hydrogen (secondary N) is 1. The number of benzene rings is 1. The summed E-state index contributed by atoms with van der Waals surface area (Å²) in [4.78, 5) is 13.0. The van der Waals surface area contributed by atoms with Crippen molar-refractivity contribution in [3.05, 3.63) is 29.3 Å². The van der Waals surface area contributed by atoms with E-state index in [1.165, 1.54) is 0 Å². The van der Waals surface area contributed by atoms with Crippen LogP contribution in [0, 0.1) is 0 Å². The van der Waals surface area contributed by atoms with E-state index in [0.29, 0.717) is 11.3 Å². The zero-order valence-corrected chi connectivity index (χ0v) is 9.24. The zero-order valence-electron chi connectivity index (χ0n) is 9.24. The van der Waals surface area contributed by atoms with Gasteiger partial charge in [-0.25, -0.2) is 4.79 Å². The number of nitrogens with zero attached hydrogens (tertiary/aromatic N) is 1. The molecular formula is C11H16N2O2. The molecule has 0 radical (unpaired) electrons. The van der Waals surface area contributed by atoms with Gasteiger partial charge in [-0.05, 0) is 31.8 Å². The molecular weight excluding hydrogens is 192 g/mol. The number of carboxylic acids is 1. The Bertz CT molecular complexity index is 362. The maximum Gasteiger partial charge on any atom is 0.337 e. The summed E-state index contributed by atoms with van der Waals surface area (Å²) >= 11 is 0. The van der Waals surface area contributed by atoms with Gasteiger partial charge < -0.3 is 15.3 Å². The molecule has 15 heavy (non-hydrogen) atoms. The summed E-state index contributed by atoms with van der Waals surface area (Å²) < 4.78 is 0. The van der Waals surface area contributed by atoms with Gasteiger partial charge in [0.25, 0.3) is 0 Å². The van der Waals surface area contributed by atoms with Crippen molar-refractivity contribution >= 4 is 11.7 Å². The Morgan fingerprint density at radius 1 is 1.47 bits per heavy atom. The summed E-state index contributed by atoms with van der Waals surface area (Å²) in [6, 6.07) is 5.43. The van der Waals surface area contributed by atoms with Crippen molar-refractivity contribution in [2.45, 2.75) is 6.54 Å². The lowest BCUT2D eigenvalue weighted by Crippen LogP contribution is -2.12. The summed E-state index contributed by atoms with van der Waals surface area (Å²) in [6.07, 6.45) is 0. The van der Waals surface area contributed by atoms with Crippen LogP contribution in [0.25, 0.3) is 0 Å². The Hall–Kier alpha value is -1.55. The third-order valence-electron chi connectivity index (χ3n) is 2.08. The van der Waals surface area contributed by atoms with Crippen molar-refractivity contribution in [3.8, 4) is 0 Å². The molecule has 0 amide bonds. The van der Waals surface area contributed by atoms with Crippen LogP contribution >= 0.6 is 0 Å². The highest BCUT2D eigenvalue weighted by molar-refractivity contribution is 5.94. The van der Waals surface area contributed by atoms with E-state index >= 15 is 0 Å². The van der Waals surface area contributed by atoms with E-state index in [-0.39, 0.29) is 0 Å². The number of aromatic carboxylic acids is 1. The first-order valence-corrected chi connectivity index (χ1v) is 4.73. The maximum absolute atomic E-state index is 11.0. The minimum atomic E-state index is -0.903. The maximum atomic E-state index is 11.0. The average molecular weight is 208 g/mol. The molecule has 4 heteroatoms. The van der Waals surface area contributed by atoms with E-state index in [9.17, 15) is 4.79 Å². The quantitative estimate of drug-likeness (QED) is 0.787. The number of anilines is 1. The molecule has 0 aliphatic rings. The normalized spacial score (nSPS) is 10.4. The molecule has 1 aromatic carbocycles. The molecule has 4 nitrogen and oxygen atoms in total. The van der Waals surface area contributed by atoms with Crippen molar-refractivity contribution < 1.29 is 9.90 Å². The van der Waals surface area contributed by atoms with Gasteiger partial charge >= 0.3 is 5.97 Å². The van der Waals surface area contributed by atoms with Crippen LogP contribution in [-0.2, 0) is 6.54 Å². The lowest BCUT2D eigenvalue weighted by molar-refractivity contribution is 0.0697. The Morgan fingerprint density at radius 2 is 2.13 bits per heavy atom. The van der Waals surface area contributed by atoms with Crippen LogP contribution in [0.4, 0.5) is 5.69 Å². The van der Waals surface area contributed by atoms with Gasteiger partial charge in [-0.1, -0.05) is 6.07 Å².